The van der Waals surface area contributed by atoms with E-state index in [4.69, 9.17) is 4.18 Å². The van der Waals surface area contributed by atoms with Crippen molar-refractivity contribution in [2.24, 2.45) is 0 Å². The van der Waals surface area contributed by atoms with E-state index >= 15 is 0 Å². The van der Waals surface area contributed by atoms with Gasteiger partial charge in [0, 0.05) is 12.0 Å². The monoisotopic (exact) mass is 542 g/mol. The third-order valence-corrected chi connectivity index (χ3v) is 8.52. The van der Waals surface area contributed by atoms with Crippen LogP contribution < -0.4 is 0 Å². The summed E-state index contributed by atoms with van der Waals surface area (Å²) in [6.45, 7) is 17.7. The molecule has 0 amide bonds. The number of unbranched alkanes of at least 4 members (excludes halogenated alkanes) is 7. The summed E-state index contributed by atoms with van der Waals surface area (Å²) in [4.78, 5) is 13.3. The van der Waals surface area contributed by atoms with E-state index in [2.05, 4.69) is 60.6 Å². The van der Waals surface area contributed by atoms with Gasteiger partial charge in [-0.05, 0) is 78.5 Å². The Morgan fingerprint density at radius 2 is 1.16 bits per heavy atom. The Morgan fingerprint density at radius 1 is 0.711 bits per heavy atom. The quantitative estimate of drug-likeness (QED) is 0.136. The first-order valence-corrected chi connectivity index (χ1v) is 15.7. The molecule has 0 aliphatic rings. The Labute approximate surface area is 232 Å². The van der Waals surface area contributed by atoms with E-state index in [0.717, 1.165) is 62.5 Å². The maximum atomic E-state index is 13.1. The molecule has 2 aromatic rings. The summed E-state index contributed by atoms with van der Waals surface area (Å²) in [7, 11) is -3.66. The van der Waals surface area contributed by atoms with Crippen molar-refractivity contribution < 1.29 is 17.4 Å². The van der Waals surface area contributed by atoms with Crippen LogP contribution in [0.25, 0.3) is 0 Å². The summed E-state index contributed by atoms with van der Waals surface area (Å²) in [6, 6.07) is 11.0. The first kappa shape index (κ1) is 32.2. The highest BCUT2D eigenvalue weighted by Crippen LogP contribution is 2.35. The summed E-state index contributed by atoms with van der Waals surface area (Å²) >= 11 is 0. The van der Waals surface area contributed by atoms with Crippen LogP contribution in [0.2, 0.25) is 0 Å². The van der Waals surface area contributed by atoms with Crippen molar-refractivity contribution in [2.45, 2.75) is 129 Å². The van der Waals surface area contributed by atoms with Gasteiger partial charge in [-0.25, -0.2) is 0 Å². The zero-order valence-corrected chi connectivity index (χ0v) is 25.9. The zero-order chi connectivity index (χ0) is 28.6. The standard InChI is InChI=1S/C33H50O4S/c1-25-18-20-28(21-19-25)38(35,36)37-22-16-14-12-10-9-11-13-15-17-31(34)27-23-29(32(3,4)5)26(2)30(24-27)33(6,7)8/h18-21,23-24H,9-17,22H2,1-8H3. The second kappa shape index (κ2) is 13.9. The van der Waals surface area contributed by atoms with Gasteiger partial charge in [0.2, 0.25) is 0 Å². The first-order valence-electron chi connectivity index (χ1n) is 14.3. The van der Waals surface area contributed by atoms with Gasteiger partial charge in [0.25, 0.3) is 10.1 Å². The van der Waals surface area contributed by atoms with E-state index in [1.54, 1.807) is 24.3 Å². The maximum absolute atomic E-state index is 13.1. The van der Waals surface area contributed by atoms with Gasteiger partial charge in [-0.1, -0.05) is 97.8 Å². The summed E-state index contributed by atoms with van der Waals surface area (Å²) < 4.78 is 29.6. The number of aryl methyl sites for hydroxylation is 1. The number of hydrogen-bond acceptors (Lipinski definition) is 4. The lowest BCUT2D eigenvalue weighted by molar-refractivity contribution is 0.0978. The summed E-state index contributed by atoms with van der Waals surface area (Å²) in [5.41, 5.74) is 5.73. The minimum absolute atomic E-state index is 0.00183. The van der Waals surface area contributed by atoms with Gasteiger partial charge in [-0.15, -0.1) is 0 Å². The largest absolute Gasteiger partial charge is 0.296 e. The molecule has 0 N–H and O–H groups in total. The highest BCUT2D eigenvalue weighted by molar-refractivity contribution is 7.86. The average Bonchev–Trinajstić information content (AvgIpc) is 2.81. The van der Waals surface area contributed by atoms with E-state index in [1.165, 1.54) is 16.7 Å². The number of Topliss-reactive ketones (excluding diaryl/α,β-unsaturated/α-hetero) is 1. The van der Waals surface area contributed by atoms with Gasteiger partial charge in [-0.2, -0.15) is 8.42 Å². The molecule has 0 radical (unpaired) electrons. The molecule has 0 aliphatic carbocycles. The molecule has 0 saturated heterocycles. The normalized spacial score (nSPS) is 12.6. The molecule has 0 aromatic heterocycles. The first-order chi connectivity index (χ1) is 17.6. The maximum Gasteiger partial charge on any atom is 0.296 e. The van der Waals surface area contributed by atoms with Crippen molar-refractivity contribution >= 4 is 15.9 Å². The Kier molecular flexibility index (Phi) is 11.8. The molecular formula is C33H50O4S. The van der Waals surface area contributed by atoms with Crippen molar-refractivity contribution in [3.63, 3.8) is 0 Å². The van der Waals surface area contributed by atoms with E-state index in [0.29, 0.717) is 6.42 Å². The number of rotatable bonds is 14. The van der Waals surface area contributed by atoms with Gasteiger partial charge >= 0.3 is 0 Å². The summed E-state index contributed by atoms with van der Waals surface area (Å²) in [6.07, 6.45) is 8.75. The van der Waals surface area contributed by atoms with Gasteiger partial charge in [0.1, 0.15) is 0 Å². The second-order valence-corrected chi connectivity index (χ2v) is 14.4. The second-order valence-electron chi connectivity index (χ2n) is 12.8. The van der Waals surface area contributed by atoms with Gasteiger partial charge in [0.15, 0.2) is 5.78 Å². The molecule has 0 bridgehead atoms. The molecule has 0 unspecified atom stereocenters. The van der Waals surface area contributed by atoms with E-state index in [-0.39, 0.29) is 28.1 Å². The fourth-order valence-corrected chi connectivity index (χ4v) is 5.91. The number of carbonyl (C=O) groups is 1. The molecule has 0 atom stereocenters. The molecule has 0 aliphatic heterocycles. The van der Waals surface area contributed by atoms with E-state index < -0.39 is 10.1 Å². The van der Waals surface area contributed by atoms with Crippen LogP contribution in [0.1, 0.15) is 132 Å². The Balaban J connectivity index is 1.67. The lowest BCUT2D eigenvalue weighted by Crippen LogP contribution is -2.21. The lowest BCUT2D eigenvalue weighted by Gasteiger charge is -2.29. The summed E-state index contributed by atoms with van der Waals surface area (Å²) in [5.74, 6) is 0.251. The predicted octanol–water partition coefficient (Wildman–Crippen LogP) is 9.00. The molecule has 0 fully saturated rings. The molecule has 212 valence electrons. The molecule has 5 heteroatoms. The van der Waals surface area contributed by atoms with Crippen LogP contribution >= 0.6 is 0 Å². The predicted molar refractivity (Wildman–Crippen MR) is 159 cm³/mol. The highest BCUT2D eigenvalue weighted by atomic mass is 32.2. The molecule has 0 spiro atoms. The molecule has 2 aromatic carbocycles. The Morgan fingerprint density at radius 3 is 1.63 bits per heavy atom. The third-order valence-electron chi connectivity index (χ3n) is 7.19. The topological polar surface area (TPSA) is 60.4 Å². The van der Waals surface area contributed by atoms with Crippen LogP contribution in [0.4, 0.5) is 0 Å². The van der Waals surface area contributed by atoms with Crippen LogP contribution in [0.5, 0.6) is 0 Å². The molecule has 0 heterocycles. The Bertz CT molecular complexity index is 1110. The highest BCUT2D eigenvalue weighted by Gasteiger charge is 2.25. The number of carbonyl (C=O) groups excluding carboxylic acids is 1. The SMILES string of the molecule is Cc1ccc(S(=O)(=O)OCCCCCCCCCCC(=O)c2cc(C(C)(C)C)c(C)c(C(C)(C)C)c2)cc1. The molecule has 38 heavy (non-hydrogen) atoms. The van der Waals surface area contributed by atoms with Crippen molar-refractivity contribution in [2.75, 3.05) is 6.61 Å². The van der Waals surface area contributed by atoms with Crippen LogP contribution in [-0.4, -0.2) is 20.8 Å². The van der Waals surface area contributed by atoms with Crippen LogP contribution in [0.3, 0.4) is 0 Å². The lowest BCUT2D eigenvalue weighted by atomic mass is 9.75. The fourth-order valence-electron chi connectivity index (χ4n) is 4.97. The molecular weight excluding hydrogens is 492 g/mol. The number of benzene rings is 2. The molecule has 2 rings (SSSR count). The van der Waals surface area contributed by atoms with Crippen molar-refractivity contribution in [3.05, 3.63) is 64.2 Å². The summed E-state index contributed by atoms with van der Waals surface area (Å²) in [5, 5.41) is 0. The van der Waals surface area contributed by atoms with E-state index in [1.807, 2.05) is 6.92 Å². The van der Waals surface area contributed by atoms with Crippen molar-refractivity contribution in [1.29, 1.82) is 0 Å². The smallest absolute Gasteiger partial charge is 0.294 e. The number of hydrogen-bond donors (Lipinski definition) is 0. The van der Waals surface area contributed by atoms with Crippen LogP contribution in [0, 0.1) is 13.8 Å². The van der Waals surface area contributed by atoms with Crippen LogP contribution in [-0.2, 0) is 25.1 Å². The van der Waals surface area contributed by atoms with E-state index in [9.17, 15) is 13.2 Å². The van der Waals surface area contributed by atoms with Crippen LogP contribution in [0.15, 0.2) is 41.3 Å². The third kappa shape index (κ3) is 9.96. The van der Waals surface area contributed by atoms with Gasteiger partial charge in [-0.3, -0.25) is 8.98 Å². The minimum atomic E-state index is -3.66. The minimum Gasteiger partial charge on any atom is -0.294 e. The van der Waals surface area contributed by atoms with Gasteiger partial charge < -0.3 is 0 Å². The van der Waals surface area contributed by atoms with Crippen molar-refractivity contribution in [1.82, 2.24) is 0 Å². The van der Waals surface area contributed by atoms with Crippen molar-refractivity contribution in [3.8, 4) is 0 Å². The zero-order valence-electron chi connectivity index (χ0n) is 25.1. The molecule has 0 saturated carbocycles. The average molecular weight is 543 g/mol. The fraction of sp³-hybridized carbons (Fsp3) is 0.606. The number of ketones is 1. The van der Waals surface area contributed by atoms with Gasteiger partial charge in [0.05, 0.1) is 11.5 Å². The molecule has 4 nitrogen and oxygen atoms in total. The Hall–Kier alpha value is -1.98.